The van der Waals surface area contributed by atoms with Crippen LogP contribution < -0.4 is 5.56 Å². The van der Waals surface area contributed by atoms with Gasteiger partial charge in [0.1, 0.15) is 5.58 Å². The van der Waals surface area contributed by atoms with Crippen LogP contribution in [0.25, 0.3) is 11.0 Å². The van der Waals surface area contributed by atoms with Gasteiger partial charge in [-0.3, -0.25) is 9.59 Å². The fraction of sp³-hybridized carbons (Fsp3) is 0.0500. The second-order valence-electron chi connectivity index (χ2n) is 5.88. The zero-order valence-corrected chi connectivity index (χ0v) is 14.3. The topological polar surface area (TPSA) is 76.0 Å². The van der Waals surface area contributed by atoms with Crippen molar-refractivity contribution in [2.24, 2.45) is 0 Å². The summed E-state index contributed by atoms with van der Waals surface area (Å²) in [7, 11) is 0. The summed E-state index contributed by atoms with van der Waals surface area (Å²) < 4.78 is 5.53. The molecule has 2 heterocycles. The number of nitrogens with zero attached hydrogens (tertiary/aromatic N) is 1. The number of aromatic amines is 1. The molecule has 0 aliphatic rings. The number of furan rings is 1. The molecule has 0 spiro atoms. The van der Waals surface area contributed by atoms with Crippen LogP contribution in [0.3, 0.4) is 0 Å². The van der Waals surface area contributed by atoms with Crippen LogP contribution in [0.4, 0.5) is 0 Å². The van der Waals surface area contributed by atoms with Crippen molar-refractivity contribution in [3.63, 3.8) is 0 Å². The van der Waals surface area contributed by atoms with Crippen molar-refractivity contribution in [2.45, 2.75) is 6.42 Å². The molecular formula is C20H13ClN2O3. The molecule has 26 heavy (non-hydrogen) atoms. The first kappa shape index (κ1) is 16.3. The zero-order valence-electron chi connectivity index (χ0n) is 13.5. The first-order valence-corrected chi connectivity index (χ1v) is 8.33. The summed E-state index contributed by atoms with van der Waals surface area (Å²) in [6.07, 6.45) is 2.02. The van der Waals surface area contributed by atoms with E-state index in [4.69, 9.17) is 16.0 Å². The van der Waals surface area contributed by atoms with Crippen LogP contribution in [0.15, 0.2) is 70.1 Å². The molecule has 0 atom stereocenters. The average molecular weight is 365 g/mol. The van der Waals surface area contributed by atoms with E-state index >= 15 is 0 Å². The van der Waals surface area contributed by atoms with Crippen molar-refractivity contribution in [1.82, 2.24) is 10.2 Å². The van der Waals surface area contributed by atoms with Gasteiger partial charge in [0.2, 0.25) is 0 Å². The molecule has 1 N–H and O–H groups in total. The molecule has 0 bridgehead atoms. The molecule has 0 amide bonds. The van der Waals surface area contributed by atoms with E-state index in [-0.39, 0.29) is 11.3 Å². The summed E-state index contributed by atoms with van der Waals surface area (Å²) in [6.45, 7) is 0. The van der Waals surface area contributed by atoms with Crippen molar-refractivity contribution in [1.29, 1.82) is 0 Å². The van der Waals surface area contributed by atoms with Crippen molar-refractivity contribution < 1.29 is 9.21 Å². The highest BCUT2D eigenvalue weighted by Crippen LogP contribution is 2.27. The van der Waals surface area contributed by atoms with Gasteiger partial charge < -0.3 is 4.42 Å². The smallest absolute Gasteiger partial charge is 0.264 e. The molecule has 0 radical (unpaired) electrons. The Balaban J connectivity index is 1.80. The van der Waals surface area contributed by atoms with E-state index in [1.165, 1.54) is 6.07 Å². The lowest BCUT2D eigenvalue weighted by molar-refractivity contribution is 0.103. The molecule has 6 heteroatoms. The van der Waals surface area contributed by atoms with E-state index in [2.05, 4.69) is 10.2 Å². The van der Waals surface area contributed by atoms with E-state index < -0.39 is 0 Å². The van der Waals surface area contributed by atoms with E-state index in [1.807, 2.05) is 12.1 Å². The maximum absolute atomic E-state index is 13.0. The minimum atomic E-state index is -0.256. The predicted octanol–water partition coefficient (Wildman–Crippen LogP) is 3.99. The highest BCUT2D eigenvalue weighted by Gasteiger charge is 2.18. The van der Waals surface area contributed by atoms with Gasteiger partial charge in [-0.1, -0.05) is 23.7 Å². The molecule has 2 aromatic heterocycles. The van der Waals surface area contributed by atoms with Gasteiger partial charge in [0.05, 0.1) is 22.5 Å². The maximum atomic E-state index is 13.0. The number of nitrogens with one attached hydrogen (secondary N) is 1. The van der Waals surface area contributed by atoms with E-state index in [1.54, 1.807) is 42.7 Å². The molecule has 0 unspecified atom stereocenters. The predicted molar refractivity (Wildman–Crippen MR) is 98.8 cm³/mol. The molecular weight excluding hydrogens is 352 g/mol. The van der Waals surface area contributed by atoms with Gasteiger partial charge in [-0.25, -0.2) is 5.10 Å². The molecule has 0 saturated carbocycles. The Morgan fingerprint density at radius 1 is 1.08 bits per heavy atom. The molecule has 0 fully saturated rings. The van der Waals surface area contributed by atoms with Gasteiger partial charge in [0, 0.05) is 23.4 Å². The minimum Gasteiger partial charge on any atom is -0.464 e. The van der Waals surface area contributed by atoms with Gasteiger partial charge in [-0.2, -0.15) is 5.10 Å². The van der Waals surface area contributed by atoms with Crippen LogP contribution in [0, 0.1) is 0 Å². The number of fused-ring (bicyclic) bond motifs is 1. The standard InChI is InChI=1S/C20H13ClN2O3/c21-17-4-2-1-3-15(17)19(25)16-11-12(9-13-7-8-26-20(13)16)10-14-5-6-18(24)23-22-14/h1-9,11H,10H2,(H,23,24). The maximum Gasteiger partial charge on any atom is 0.264 e. The summed E-state index contributed by atoms with van der Waals surface area (Å²) in [5.41, 5.74) is 2.71. The van der Waals surface area contributed by atoms with Gasteiger partial charge in [-0.05, 0) is 42.0 Å². The first-order valence-electron chi connectivity index (χ1n) is 7.96. The fourth-order valence-electron chi connectivity index (χ4n) is 2.89. The Hall–Kier alpha value is -3.18. The number of benzene rings is 2. The number of carbonyl (C=O) groups excluding carboxylic acids is 1. The van der Waals surface area contributed by atoms with Crippen LogP contribution in [0.1, 0.15) is 27.2 Å². The lowest BCUT2D eigenvalue weighted by atomic mass is 9.97. The number of ketones is 1. The third-order valence-corrected chi connectivity index (χ3v) is 4.43. The van der Waals surface area contributed by atoms with Gasteiger partial charge in [0.25, 0.3) is 5.56 Å². The van der Waals surface area contributed by atoms with E-state index in [0.717, 1.165) is 10.9 Å². The summed E-state index contributed by atoms with van der Waals surface area (Å²) in [5, 5.41) is 7.65. The third kappa shape index (κ3) is 3.05. The van der Waals surface area contributed by atoms with Crippen molar-refractivity contribution in [3.8, 4) is 0 Å². The van der Waals surface area contributed by atoms with Crippen LogP contribution >= 0.6 is 11.6 Å². The lowest BCUT2D eigenvalue weighted by Crippen LogP contribution is -2.08. The zero-order chi connectivity index (χ0) is 18.1. The molecule has 4 aromatic rings. The van der Waals surface area contributed by atoms with Crippen molar-refractivity contribution in [2.75, 3.05) is 0 Å². The number of carbonyl (C=O) groups is 1. The second kappa shape index (κ2) is 6.61. The highest BCUT2D eigenvalue weighted by atomic mass is 35.5. The summed E-state index contributed by atoms with van der Waals surface area (Å²) >= 11 is 6.18. The molecule has 4 rings (SSSR count). The Bertz CT molecular complexity index is 1160. The first-order chi connectivity index (χ1) is 12.6. The number of rotatable bonds is 4. The number of aromatic nitrogens is 2. The Labute approximate surface area is 153 Å². The number of hydrogen-bond acceptors (Lipinski definition) is 4. The van der Waals surface area contributed by atoms with Crippen molar-refractivity contribution in [3.05, 3.63) is 98.6 Å². The molecule has 2 aromatic carbocycles. The summed E-state index contributed by atoms with van der Waals surface area (Å²) in [6, 6.07) is 15.5. The number of hydrogen-bond donors (Lipinski definition) is 1. The quantitative estimate of drug-likeness (QED) is 0.555. The van der Waals surface area contributed by atoms with Crippen LogP contribution in [0.2, 0.25) is 5.02 Å². The largest absolute Gasteiger partial charge is 0.464 e. The van der Waals surface area contributed by atoms with E-state index in [0.29, 0.717) is 33.8 Å². The Kier molecular flexibility index (Phi) is 4.14. The van der Waals surface area contributed by atoms with Crippen LogP contribution in [-0.2, 0) is 6.42 Å². The van der Waals surface area contributed by atoms with Gasteiger partial charge >= 0.3 is 0 Å². The van der Waals surface area contributed by atoms with Crippen molar-refractivity contribution >= 4 is 28.4 Å². The Morgan fingerprint density at radius 3 is 2.69 bits per heavy atom. The molecule has 0 saturated heterocycles. The highest BCUT2D eigenvalue weighted by molar-refractivity contribution is 6.35. The van der Waals surface area contributed by atoms with Gasteiger partial charge in [-0.15, -0.1) is 0 Å². The normalized spacial score (nSPS) is 11.0. The number of halogens is 1. The SMILES string of the molecule is O=C(c1ccccc1Cl)c1cc(Cc2ccc(=O)[nH]n2)cc2ccoc12. The monoisotopic (exact) mass is 364 g/mol. The number of H-pyrrole nitrogens is 1. The summed E-state index contributed by atoms with van der Waals surface area (Å²) in [4.78, 5) is 24.2. The third-order valence-electron chi connectivity index (χ3n) is 4.10. The molecule has 128 valence electrons. The average Bonchev–Trinajstić information content (AvgIpc) is 3.11. The minimum absolute atomic E-state index is 0.202. The van der Waals surface area contributed by atoms with Crippen LogP contribution in [0.5, 0.6) is 0 Å². The van der Waals surface area contributed by atoms with Gasteiger partial charge in [0.15, 0.2) is 5.78 Å². The summed E-state index contributed by atoms with van der Waals surface area (Å²) in [5.74, 6) is -0.202. The lowest BCUT2D eigenvalue weighted by Gasteiger charge is -2.08. The fourth-order valence-corrected chi connectivity index (χ4v) is 3.11. The molecule has 5 nitrogen and oxygen atoms in total. The Morgan fingerprint density at radius 2 is 1.92 bits per heavy atom. The van der Waals surface area contributed by atoms with Crippen LogP contribution in [-0.4, -0.2) is 16.0 Å². The molecule has 0 aliphatic carbocycles. The second-order valence-corrected chi connectivity index (χ2v) is 6.29. The molecule has 0 aliphatic heterocycles. The van der Waals surface area contributed by atoms with E-state index in [9.17, 15) is 9.59 Å².